The van der Waals surface area contributed by atoms with Crippen LogP contribution < -0.4 is 10.6 Å². The summed E-state index contributed by atoms with van der Waals surface area (Å²) in [5.74, 6) is -3.38. The molecule has 0 heterocycles. The standard InChI is InChI=1S/C12H12F4N2O3/c1-6(19)18-10(11(20)21)5-17-7-2-3-9(13)8(4-7)12(14,15)16/h2-4,10,17H,5H2,1H3,(H,18,19)(H,20,21). The number of anilines is 1. The number of carboxylic acid groups (broad SMARTS) is 1. The molecule has 0 saturated carbocycles. The normalized spacial score (nSPS) is 12.6. The van der Waals surface area contributed by atoms with E-state index in [4.69, 9.17) is 5.11 Å². The van der Waals surface area contributed by atoms with Crippen molar-refractivity contribution < 1.29 is 32.3 Å². The Morgan fingerprint density at radius 2 is 1.95 bits per heavy atom. The van der Waals surface area contributed by atoms with Crippen LogP contribution in [0.15, 0.2) is 18.2 Å². The minimum atomic E-state index is -4.86. The van der Waals surface area contributed by atoms with Crippen LogP contribution in [0.4, 0.5) is 23.2 Å². The van der Waals surface area contributed by atoms with Gasteiger partial charge >= 0.3 is 12.1 Å². The van der Waals surface area contributed by atoms with Crippen LogP contribution in [-0.4, -0.2) is 29.6 Å². The van der Waals surface area contributed by atoms with E-state index in [2.05, 4.69) is 10.6 Å². The molecule has 0 aromatic heterocycles. The van der Waals surface area contributed by atoms with Crippen LogP contribution in [0.5, 0.6) is 0 Å². The third-order valence-electron chi connectivity index (χ3n) is 2.46. The Morgan fingerprint density at radius 1 is 1.33 bits per heavy atom. The van der Waals surface area contributed by atoms with E-state index in [1.165, 1.54) is 0 Å². The highest BCUT2D eigenvalue weighted by atomic mass is 19.4. The number of halogens is 4. The summed E-state index contributed by atoms with van der Waals surface area (Å²) in [5, 5.41) is 13.4. The Labute approximate surface area is 117 Å². The van der Waals surface area contributed by atoms with Crippen molar-refractivity contribution in [1.29, 1.82) is 0 Å². The quantitative estimate of drug-likeness (QED) is 0.725. The summed E-state index contributed by atoms with van der Waals surface area (Å²) in [7, 11) is 0. The molecule has 0 saturated heterocycles. The van der Waals surface area contributed by atoms with Crippen LogP contribution in [0.25, 0.3) is 0 Å². The fourth-order valence-corrected chi connectivity index (χ4v) is 1.52. The molecule has 3 N–H and O–H groups in total. The summed E-state index contributed by atoms with van der Waals surface area (Å²) in [5.41, 5.74) is -1.57. The molecule has 1 amide bonds. The molecule has 1 rings (SSSR count). The topological polar surface area (TPSA) is 78.4 Å². The van der Waals surface area contributed by atoms with Gasteiger partial charge in [-0.3, -0.25) is 4.79 Å². The van der Waals surface area contributed by atoms with Gasteiger partial charge in [0.2, 0.25) is 5.91 Å². The number of carboxylic acids is 1. The second kappa shape index (κ2) is 6.42. The van der Waals surface area contributed by atoms with E-state index >= 15 is 0 Å². The molecule has 0 aliphatic rings. The smallest absolute Gasteiger partial charge is 0.419 e. The third kappa shape index (κ3) is 4.93. The van der Waals surface area contributed by atoms with Crippen molar-refractivity contribution in [2.24, 2.45) is 0 Å². The van der Waals surface area contributed by atoms with Crippen molar-refractivity contribution in [3.63, 3.8) is 0 Å². The van der Waals surface area contributed by atoms with Gasteiger partial charge in [-0.25, -0.2) is 9.18 Å². The number of rotatable bonds is 5. The second-order valence-corrected chi connectivity index (χ2v) is 4.16. The predicted molar refractivity (Wildman–Crippen MR) is 65.1 cm³/mol. The number of aliphatic carboxylic acids is 1. The first-order valence-corrected chi connectivity index (χ1v) is 5.71. The largest absolute Gasteiger partial charge is 0.480 e. The Morgan fingerprint density at radius 3 is 2.43 bits per heavy atom. The highest BCUT2D eigenvalue weighted by Crippen LogP contribution is 2.32. The molecule has 0 bridgehead atoms. The molecule has 0 aliphatic heterocycles. The van der Waals surface area contributed by atoms with Crippen molar-refractivity contribution in [1.82, 2.24) is 5.32 Å². The Kier molecular flexibility index (Phi) is 5.12. The first-order chi connectivity index (χ1) is 9.61. The lowest BCUT2D eigenvalue weighted by Crippen LogP contribution is -2.44. The zero-order chi connectivity index (χ0) is 16.2. The highest BCUT2D eigenvalue weighted by Gasteiger charge is 2.34. The molecule has 116 valence electrons. The molecule has 1 aromatic carbocycles. The number of nitrogens with one attached hydrogen (secondary N) is 2. The van der Waals surface area contributed by atoms with Crippen molar-refractivity contribution in [3.05, 3.63) is 29.6 Å². The first-order valence-electron chi connectivity index (χ1n) is 5.71. The van der Waals surface area contributed by atoms with Gasteiger partial charge in [0, 0.05) is 19.2 Å². The van der Waals surface area contributed by atoms with Crippen molar-refractivity contribution in [3.8, 4) is 0 Å². The summed E-state index contributed by atoms with van der Waals surface area (Å²) in [6, 6.07) is 0.875. The lowest BCUT2D eigenvalue weighted by Gasteiger charge is -2.16. The Balaban J connectivity index is 2.84. The monoisotopic (exact) mass is 308 g/mol. The maximum atomic E-state index is 13.1. The fraction of sp³-hybridized carbons (Fsp3) is 0.333. The summed E-state index contributed by atoms with van der Waals surface area (Å²) in [6.07, 6.45) is -4.86. The third-order valence-corrected chi connectivity index (χ3v) is 2.46. The molecule has 0 radical (unpaired) electrons. The van der Waals surface area contributed by atoms with Gasteiger partial charge in [0.05, 0.1) is 5.56 Å². The summed E-state index contributed by atoms with van der Waals surface area (Å²) >= 11 is 0. The summed E-state index contributed by atoms with van der Waals surface area (Å²) in [6.45, 7) is 0.757. The number of benzene rings is 1. The van der Waals surface area contributed by atoms with Gasteiger partial charge in [-0.1, -0.05) is 0 Å². The fourth-order valence-electron chi connectivity index (χ4n) is 1.52. The number of hydrogen-bond donors (Lipinski definition) is 3. The summed E-state index contributed by atoms with van der Waals surface area (Å²) < 4.78 is 50.6. The number of alkyl halides is 3. The van der Waals surface area contributed by atoms with E-state index in [0.29, 0.717) is 12.1 Å². The minimum absolute atomic E-state index is 0.111. The van der Waals surface area contributed by atoms with Crippen molar-refractivity contribution >= 4 is 17.6 Å². The van der Waals surface area contributed by atoms with Gasteiger partial charge < -0.3 is 15.7 Å². The van der Waals surface area contributed by atoms with Gasteiger partial charge in [-0.05, 0) is 18.2 Å². The Hall–Kier alpha value is -2.32. The average molecular weight is 308 g/mol. The van der Waals surface area contributed by atoms with Gasteiger partial charge in [0.15, 0.2) is 0 Å². The lowest BCUT2D eigenvalue weighted by atomic mass is 10.1. The zero-order valence-corrected chi connectivity index (χ0v) is 10.8. The van der Waals surface area contributed by atoms with E-state index in [1.807, 2.05) is 0 Å². The molecular formula is C12H12F4N2O3. The highest BCUT2D eigenvalue weighted by molar-refractivity contribution is 5.82. The number of carbonyl (C=O) groups excluding carboxylic acids is 1. The van der Waals surface area contributed by atoms with Crippen LogP contribution in [0, 0.1) is 5.82 Å². The molecular weight excluding hydrogens is 296 g/mol. The molecule has 5 nitrogen and oxygen atoms in total. The molecule has 0 spiro atoms. The van der Waals surface area contributed by atoms with Crippen LogP contribution >= 0.6 is 0 Å². The average Bonchev–Trinajstić information content (AvgIpc) is 2.33. The van der Waals surface area contributed by atoms with E-state index in [-0.39, 0.29) is 12.2 Å². The maximum Gasteiger partial charge on any atom is 0.419 e. The second-order valence-electron chi connectivity index (χ2n) is 4.16. The van der Waals surface area contributed by atoms with Gasteiger partial charge in [-0.2, -0.15) is 13.2 Å². The number of hydrogen-bond acceptors (Lipinski definition) is 3. The van der Waals surface area contributed by atoms with E-state index in [0.717, 1.165) is 13.0 Å². The van der Waals surface area contributed by atoms with Gasteiger partial charge in [0.25, 0.3) is 0 Å². The maximum absolute atomic E-state index is 13.1. The minimum Gasteiger partial charge on any atom is -0.480 e. The van der Waals surface area contributed by atoms with Crippen molar-refractivity contribution in [2.45, 2.75) is 19.1 Å². The zero-order valence-electron chi connectivity index (χ0n) is 10.8. The number of carbonyl (C=O) groups is 2. The van der Waals surface area contributed by atoms with E-state index in [1.54, 1.807) is 0 Å². The predicted octanol–water partition coefficient (Wildman–Crippen LogP) is 1.85. The van der Waals surface area contributed by atoms with Crippen LogP contribution in [-0.2, 0) is 15.8 Å². The SMILES string of the molecule is CC(=O)NC(CNc1ccc(F)c(C(F)(F)F)c1)C(=O)O. The van der Waals surface area contributed by atoms with Crippen LogP contribution in [0.2, 0.25) is 0 Å². The lowest BCUT2D eigenvalue weighted by molar-refractivity contribution is -0.141. The molecule has 1 aromatic rings. The molecule has 1 unspecified atom stereocenters. The van der Waals surface area contributed by atoms with E-state index in [9.17, 15) is 27.2 Å². The van der Waals surface area contributed by atoms with Gasteiger partial charge in [-0.15, -0.1) is 0 Å². The molecule has 0 aliphatic carbocycles. The van der Waals surface area contributed by atoms with Crippen molar-refractivity contribution in [2.75, 3.05) is 11.9 Å². The van der Waals surface area contributed by atoms with Gasteiger partial charge in [0.1, 0.15) is 11.9 Å². The Bertz CT molecular complexity index is 546. The first kappa shape index (κ1) is 16.7. The molecule has 9 heteroatoms. The summed E-state index contributed by atoms with van der Waals surface area (Å²) in [4.78, 5) is 21.6. The number of amides is 1. The van der Waals surface area contributed by atoms with E-state index < -0.39 is 35.5 Å². The molecule has 21 heavy (non-hydrogen) atoms. The molecule has 0 fully saturated rings. The van der Waals surface area contributed by atoms with Crippen LogP contribution in [0.1, 0.15) is 12.5 Å². The molecule has 1 atom stereocenters. The van der Waals surface area contributed by atoms with Crippen LogP contribution in [0.3, 0.4) is 0 Å².